The molecule has 0 fully saturated rings. The lowest BCUT2D eigenvalue weighted by molar-refractivity contribution is 0.592. The van der Waals surface area contributed by atoms with Crippen LogP contribution in [0, 0.1) is 6.92 Å². The first kappa shape index (κ1) is 9.91. The lowest BCUT2D eigenvalue weighted by Crippen LogP contribution is -2.15. The van der Waals surface area contributed by atoms with Crippen LogP contribution in [0.25, 0.3) is 4.96 Å². The highest BCUT2D eigenvalue weighted by molar-refractivity contribution is 7.89. The van der Waals surface area contributed by atoms with Crippen molar-refractivity contribution in [1.29, 1.82) is 0 Å². The molecule has 0 amide bonds. The van der Waals surface area contributed by atoms with Crippen LogP contribution in [-0.4, -0.2) is 17.8 Å². The van der Waals surface area contributed by atoms with Crippen molar-refractivity contribution in [3.8, 4) is 0 Å². The van der Waals surface area contributed by atoms with Gasteiger partial charge in [-0.1, -0.05) is 11.6 Å². The van der Waals surface area contributed by atoms with Crippen molar-refractivity contribution < 1.29 is 8.42 Å². The lowest BCUT2D eigenvalue weighted by Gasteiger charge is -1.97. The van der Waals surface area contributed by atoms with Gasteiger partial charge < -0.3 is 0 Å². The van der Waals surface area contributed by atoms with Crippen LogP contribution in [0.4, 0.5) is 0 Å². The number of rotatable bonds is 1. The maximum absolute atomic E-state index is 11.2. The van der Waals surface area contributed by atoms with Gasteiger partial charge >= 0.3 is 0 Å². The minimum atomic E-state index is -3.83. The molecule has 0 aliphatic rings. The number of hydrogen-bond donors (Lipinski definition) is 1. The average Bonchev–Trinajstić information content (AvgIpc) is 2.49. The van der Waals surface area contributed by atoms with E-state index in [2.05, 4.69) is 4.98 Å². The second-order valence-electron chi connectivity index (χ2n) is 2.75. The fourth-order valence-electron chi connectivity index (χ4n) is 1.19. The molecule has 0 radical (unpaired) electrons. The molecule has 14 heavy (non-hydrogen) atoms. The van der Waals surface area contributed by atoms with Crippen molar-refractivity contribution in [2.24, 2.45) is 5.14 Å². The van der Waals surface area contributed by atoms with Crippen molar-refractivity contribution in [3.05, 3.63) is 16.2 Å². The molecule has 0 aliphatic heterocycles. The van der Waals surface area contributed by atoms with E-state index in [1.807, 2.05) is 0 Å². The van der Waals surface area contributed by atoms with Gasteiger partial charge in [-0.3, -0.25) is 4.40 Å². The van der Waals surface area contributed by atoms with Gasteiger partial charge in [0.2, 0.25) is 0 Å². The summed E-state index contributed by atoms with van der Waals surface area (Å²) >= 11 is 6.99. The molecule has 2 rings (SSSR count). The third-order valence-corrected chi connectivity index (χ3v) is 3.96. The van der Waals surface area contributed by atoms with E-state index in [9.17, 15) is 8.42 Å². The van der Waals surface area contributed by atoms with E-state index in [4.69, 9.17) is 16.7 Å². The van der Waals surface area contributed by atoms with E-state index in [1.165, 1.54) is 15.7 Å². The molecule has 8 heteroatoms. The van der Waals surface area contributed by atoms with E-state index in [0.29, 0.717) is 4.96 Å². The quantitative estimate of drug-likeness (QED) is 0.822. The van der Waals surface area contributed by atoms with Gasteiger partial charge in [-0.2, -0.15) is 0 Å². The van der Waals surface area contributed by atoms with E-state index in [1.54, 1.807) is 12.3 Å². The smallest absolute Gasteiger partial charge is 0.257 e. The highest BCUT2D eigenvalue weighted by Gasteiger charge is 2.22. The minimum Gasteiger partial charge on any atom is -0.276 e. The Morgan fingerprint density at radius 2 is 2.29 bits per heavy atom. The Kier molecular flexibility index (Phi) is 2.07. The number of nitrogens with zero attached hydrogens (tertiary/aromatic N) is 2. The molecule has 5 nitrogen and oxygen atoms in total. The van der Waals surface area contributed by atoms with Gasteiger partial charge in [-0.05, 0) is 6.92 Å². The summed E-state index contributed by atoms with van der Waals surface area (Å²) < 4.78 is 23.9. The van der Waals surface area contributed by atoms with Crippen LogP contribution in [-0.2, 0) is 10.0 Å². The monoisotopic (exact) mass is 251 g/mol. The van der Waals surface area contributed by atoms with Gasteiger partial charge in [0.25, 0.3) is 10.0 Å². The Morgan fingerprint density at radius 3 is 2.86 bits per heavy atom. The second kappa shape index (κ2) is 2.93. The zero-order valence-electron chi connectivity index (χ0n) is 7.06. The fourth-order valence-corrected chi connectivity index (χ4v) is 3.41. The molecular formula is C6H6ClN3O2S2. The van der Waals surface area contributed by atoms with Crippen molar-refractivity contribution >= 4 is 37.9 Å². The Labute approximate surface area is 89.2 Å². The summed E-state index contributed by atoms with van der Waals surface area (Å²) in [4.78, 5) is 4.41. The summed E-state index contributed by atoms with van der Waals surface area (Å²) in [5, 5.41) is 6.59. The number of nitrogens with two attached hydrogens (primary N) is 1. The Bertz CT molecular complexity index is 598. The first-order valence-corrected chi connectivity index (χ1v) is 6.36. The van der Waals surface area contributed by atoms with E-state index in [0.717, 1.165) is 5.69 Å². The van der Waals surface area contributed by atoms with E-state index in [-0.39, 0.29) is 10.2 Å². The van der Waals surface area contributed by atoms with Crippen LogP contribution in [0.1, 0.15) is 5.69 Å². The summed E-state index contributed by atoms with van der Waals surface area (Å²) in [7, 11) is -3.83. The number of aromatic nitrogens is 2. The Hall–Kier alpha value is -0.630. The lowest BCUT2D eigenvalue weighted by atomic mass is 10.6. The standard InChI is InChI=1S/C6H6ClN3O2S2/c1-3-2-13-6-9-4(7)5(10(3)6)14(8,11)12/h2H,1H3,(H2,8,11,12). The molecule has 0 saturated carbocycles. The molecule has 0 saturated heterocycles. The number of thiazole rings is 1. The third-order valence-electron chi connectivity index (χ3n) is 1.72. The number of hydrogen-bond acceptors (Lipinski definition) is 4. The summed E-state index contributed by atoms with van der Waals surface area (Å²) in [5.41, 5.74) is 0.744. The third kappa shape index (κ3) is 1.33. The number of fused-ring (bicyclic) bond motifs is 1. The molecule has 2 N–H and O–H groups in total. The maximum atomic E-state index is 11.2. The van der Waals surface area contributed by atoms with Gasteiger partial charge in [-0.25, -0.2) is 18.5 Å². The number of sulfonamides is 1. The average molecular weight is 252 g/mol. The summed E-state index contributed by atoms with van der Waals surface area (Å²) in [6.45, 7) is 1.76. The Balaban J connectivity index is 2.99. The first-order valence-electron chi connectivity index (χ1n) is 3.56. The predicted molar refractivity (Wildman–Crippen MR) is 54.2 cm³/mol. The zero-order chi connectivity index (χ0) is 10.5. The molecule has 76 valence electrons. The topological polar surface area (TPSA) is 77.5 Å². The number of imidazole rings is 1. The highest BCUT2D eigenvalue weighted by atomic mass is 35.5. The van der Waals surface area contributed by atoms with Crippen LogP contribution in [0.2, 0.25) is 5.15 Å². The largest absolute Gasteiger partial charge is 0.276 e. The molecule has 0 aromatic carbocycles. The summed E-state index contributed by atoms with van der Waals surface area (Å²) in [5.74, 6) is 0. The van der Waals surface area contributed by atoms with Gasteiger partial charge in [0.05, 0.1) is 0 Å². The Morgan fingerprint density at radius 1 is 1.64 bits per heavy atom. The highest BCUT2D eigenvalue weighted by Crippen LogP contribution is 2.26. The SMILES string of the molecule is Cc1csc2nc(Cl)c(S(N)(=O)=O)n12. The number of primary sulfonamides is 1. The van der Waals surface area contributed by atoms with Crippen molar-refractivity contribution in [2.45, 2.75) is 11.9 Å². The van der Waals surface area contributed by atoms with Crippen LogP contribution >= 0.6 is 22.9 Å². The molecule has 0 atom stereocenters. The zero-order valence-corrected chi connectivity index (χ0v) is 9.45. The van der Waals surface area contributed by atoms with Crippen molar-refractivity contribution in [3.63, 3.8) is 0 Å². The molecule has 0 spiro atoms. The molecule has 0 bridgehead atoms. The molecule has 2 aromatic heterocycles. The molecule has 2 heterocycles. The van der Waals surface area contributed by atoms with Crippen LogP contribution in [0.3, 0.4) is 0 Å². The molecule has 0 aliphatic carbocycles. The number of halogens is 1. The summed E-state index contributed by atoms with van der Waals surface area (Å²) in [6, 6.07) is 0. The van der Waals surface area contributed by atoms with Gasteiger partial charge in [0, 0.05) is 11.1 Å². The second-order valence-corrected chi connectivity index (χ2v) is 5.42. The minimum absolute atomic E-state index is 0.0811. The van der Waals surface area contributed by atoms with Gasteiger partial charge in [-0.15, -0.1) is 11.3 Å². The van der Waals surface area contributed by atoms with Crippen LogP contribution in [0.15, 0.2) is 10.4 Å². The fraction of sp³-hybridized carbons (Fsp3) is 0.167. The first-order chi connectivity index (χ1) is 6.41. The van der Waals surface area contributed by atoms with Gasteiger partial charge in [0.15, 0.2) is 15.1 Å². The summed E-state index contributed by atoms with van der Waals surface area (Å²) in [6.07, 6.45) is 0. The van der Waals surface area contributed by atoms with Crippen LogP contribution < -0.4 is 5.14 Å². The normalized spacial score (nSPS) is 12.5. The predicted octanol–water partition coefficient (Wildman–Crippen LogP) is 1.01. The molecule has 0 unspecified atom stereocenters. The van der Waals surface area contributed by atoms with Crippen molar-refractivity contribution in [1.82, 2.24) is 9.38 Å². The molecular weight excluding hydrogens is 246 g/mol. The van der Waals surface area contributed by atoms with E-state index >= 15 is 0 Å². The van der Waals surface area contributed by atoms with Crippen molar-refractivity contribution in [2.75, 3.05) is 0 Å². The van der Waals surface area contributed by atoms with Gasteiger partial charge in [0.1, 0.15) is 0 Å². The molecule has 2 aromatic rings. The maximum Gasteiger partial charge on any atom is 0.257 e. The number of aryl methyl sites for hydroxylation is 1. The van der Waals surface area contributed by atoms with E-state index < -0.39 is 10.0 Å². The van der Waals surface area contributed by atoms with Crippen LogP contribution in [0.5, 0.6) is 0 Å².